The van der Waals surface area contributed by atoms with Crippen LogP contribution in [-0.2, 0) is 12.8 Å². The summed E-state index contributed by atoms with van der Waals surface area (Å²) in [6.45, 7) is 7.10. The second kappa shape index (κ2) is 5.49. The van der Waals surface area contributed by atoms with Crippen molar-refractivity contribution < 1.29 is 0 Å². The van der Waals surface area contributed by atoms with E-state index in [0.717, 1.165) is 6.04 Å². The molecule has 1 nitrogen and oxygen atoms in total. The molecule has 16 heavy (non-hydrogen) atoms. The molecule has 0 atom stereocenters. The lowest BCUT2D eigenvalue weighted by Crippen LogP contribution is -2.36. The maximum absolute atomic E-state index is 2.68. The van der Waals surface area contributed by atoms with E-state index in [9.17, 15) is 0 Å². The van der Waals surface area contributed by atoms with E-state index in [1.54, 1.807) is 11.1 Å². The maximum atomic E-state index is 2.68. The van der Waals surface area contributed by atoms with Crippen molar-refractivity contribution in [3.05, 3.63) is 35.4 Å². The van der Waals surface area contributed by atoms with Crippen molar-refractivity contribution >= 4 is 0 Å². The average molecular weight is 217 g/mol. The van der Waals surface area contributed by atoms with Gasteiger partial charge < -0.3 is 0 Å². The molecule has 1 aromatic rings. The van der Waals surface area contributed by atoms with Gasteiger partial charge in [0.05, 0.1) is 0 Å². The molecular weight excluding hydrogens is 194 g/mol. The number of benzene rings is 1. The first kappa shape index (κ1) is 11.7. The molecule has 1 heteroatoms. The van der Waals surface area contributed by atoms with Crippen molar-refractivity contribution in [3.8, 4) is 0 Å². The van der Waals surface area contributed by atoms with Gasteiger partial charge in [-0.15, -0.1) is 0 Å². The van der Waals surface area contributed by atoms with E-state index in [0.29, 0.717) is 0 Å². The van der Waals surface area contributed by atoms with Crippen LogP contribution in [0.1, 0.15) is 37.8 Å². The molecule has 0 radical (unpaired) electrons. The summed E-state index contributed by atoms with van der Waals surface area (Å²) >= 11 is 0. The summed E-state index contributed by atoms with van der Waals surface area (Å²) < 4.78 is 0. The van der Waals surface area contributed by atoms with Gasteiger partial charge in [0.25, 0.3) is 0 Å². The normalized spacial score (nSPS) is 17.2. The molecule has 1 aromatic carbocycles. The largest absolute Gasteiger partial charge is 0.300 e. The van der Waals surface area contributed by atoms with Gasteiger partial charge in [-0.25, -0.2) is 0 Å². The zero-order valence-electron chi connectivity index (χ0n) is 10.6. The minimum atomic E-state index is 0.786. The van der Waals surface area contributed by atoms with Crippen molar-refractivity contribution in [1.82, 2.24) is 4.90 Å². The highest BCUT2D eigenvalue weighted by molar-refractivity contribution is 5.28. The number of rotatable bonds is 3. The first-order chi connectivity index (χ1) is 7.85. The molecule has 0 bridgehead atoms. The minimum absolute atomic E-state index is 0.786. The topological polar surface area (TPSA) is 3.24 Å². The van der Waals surface area contributed by atoms with Crippen LogP contribution < -0.4 is 0 Å². The van der Waals surface area contributed by atoms with Crippen LogP contribution in [0.4, 0.5) is 0 Å². The Bertz CT molecular complexity index is 301. The quantitative estimate of drug-likeness (QED) is 0.751. The van der Waals surface area contributed by atoms with Crippen molar-refractivity contribution in [1.29, 1.82) is 0 Å². The lowest BCUT2D eigenvalue weighted by Gasteiger charge is -2.28. The van der Waals surface area contributed by atoms with Gasteiger partial charge >= 0.3 is 0 Å². The Morgan fingerprint density at radius 1 is 1.00 bits per heavy atom. The molecule has 1 aliphatic rings. The van der Waals surface area contributed by atoms with Crippen molar-refractivity contribution in [2.45, 2.75) is 45.6 Å². The molecule has 1 heterocycles. The molecule has 2 rings (SSSR count). The first-order valence-electron chi connectivity index (χ1n) is 6.66. The van der Waals surface area contributed by atoms with E-state index in [2.05, 4.69) is 43.0 Å². The second-order valence-corrected chi connectivity index (χ2v) is 4.77. The smallest absolute Gasteiger partial charge is 0.00902 e. The van der Waals surface area contributed by atoms with Crippen LogP contribution in [-0.4, -0.2) is 24.0 Å². The Balaban J connectivity index is 2.07. The van der Waals surface area contributed by atoms with Gasteiger partial charge in [-0.1, -0.05) is 38.1 Å². The van der Waals surface area contributed by atoms with Crippen molar-refractivity contribution in [2.75, 3.05) is 13.1 Å². The summed E-state index contributed by atoms with van der Waals surface area (Å²) in [5.41, 5.74) is 3.13. The third-order valence-electron chi connectivity index (χ3n) is 3.91. The molecule has 0 saturated carbocycles. The number of fused-ring (bicyclic) bond motifs is 1. The van der Waals surface area contributed by atoms with Gasteiger partial charge in [-0.3, -0.25) is 4.90 Å². The Morgan fingerprint density at radius 2 is 1.50 bits per heavy atom. The van der Waals surface area contributed by atoms with E-state index in [-0.39, 0.29) is 0 Å². The van der Waals surface area contributed by atoms with E-state index in [1.807, 2.05) is 0 Å². The van der Waals surface area contributed by atoms with Gasteiger partial charge in [-0.05, 0) is 36.8 Å². The Hall–Kier alpha value is -0.820. The van der Waals surface area contributed by atoms with Gasteiger partial charge in [0.1, 0.15) is 0 Å². The monoisotopic (exact) mass is 217 g/mol. The van der Waals surface area contributed by atoms with E-state index < -0.39 is 0 Å². The molecule has 0 saturated heterocycles. The molecule has 0 N–H and O–H groups in total. The minimum Gasteiger partial charge on any atom is -0.300 e. The maximum Gasteiger partial charge on any atom is 0.00902 e. The highest BCUT2D eigenvalue weighted by Gasteiger charge is 2.18. The number of hydrogen-bond donors (Lipinski definition) is 0. The molecule has 0 spiro atoms. The molecule has 0 fully saturated rings. The van der Waals surface area contributed by atoms with Crippen molar-refractivity contribution in [3.63, 3.8) is 0 Å². The van der Waals surface area contributed by atoms with Crippen molar-refractivity contribution in [2.24, 2.45) is 0 Å². The third-order valence-corrected chi connectivity index (χ3v) is 3.91. The standard InChI is InChI=1S/C15H23N/c1-3-15(4-2)16-11-9-13-7-5-6-8-14(13)10-12-16/h5-8,15H,3-4,9-12H2,1-2H3. The summed E-state index contributed by atoms with van der Waals surface area (Å²) in [5, 5.41) is 0. The highest BCUT2D eigenvalue weighted by Crippen LogP contribution is 2.18. The molecule has 1 aliphatic heterocycles. The van der Waals surface area contributed by atoms with Crippen LogP contribution in [0, 0.1) is 0 Å². The fourth-order valence-electron chi connectivity index (χ4n) is 2.86. The molecule has 0 aromatic heterocycles. The van der Waals surface area contributed by atoms with Crippen LogP contribution in [0.5, 0.6) is 0 Å². The fraction of sp³-hybridized carbons (Fsp3) is 0.600. The molecule has 0 aliphatic carbocycles. The molecular formula is C15H23N. The molecule has 0 amide bonds. The number of hydrogen-bond acceptors (Lipinski definition) is 1. The van der Waals surface area contributed by atoms with Gasteiger partial charge in [0, 0.05) is 19.1 Å². The average Bonchev–Trinajstić information content (AvgIpc) is 2.54. The summed E-state index contributed by atoms with van der Waals surface area (Å²) in [7, 11) is 0. The SMILES string of the molecule is CCC(CC)N1CCc2ccccc2CC1. The lowest BCUT2D eigenvalue weighted by atomic mass is 10.0. The Morgan fingerprint density at radius 3 is 1.94 bits per heavy atom. The predicted molar refractivity (Wildman–Crippen MR) is 69.8 cm³/mol. The zero-order chi connectivity index (χ0) is 11.4. The second-order valence-electron chi connectivity index (χ2n) is 4.77. The molecule has 0 unspecified atom stereocenters. The summed E-state index contributed by atoms with van der Waals surface area (Å²) in [6.07, 6.45) is 5.03. The van der Waals surface area contributed by atoms with Gasteiger partial charge in [-0.2, -0.15) is 0 Å². The van der Waals surface area contributed by atoms with E-state index >= 15 is 0 Å². The highest BCUT2D eigenvalue weighted by atomic mass is 15.1. The summed E-state index contributed by atoms with van der Waals surface area (Å²) in [6, 6.07) is 9.73. The van der Waals surface area contributed by atoms with E-state index in [4.69, 9.17) is 0 Å². The van der Waals surface area contributed by atoms with Crippen LogP contribution in [0.3, 0.4) is 0 Å². The van der Waals surface area contributed by atoms with Gasteiger partial charge in [0.2, 0.25) is 0 Å². The van der Waals surface area contributed by atoms with Gasteiger partial charge in [0.15, 0.2) is 0 Å². The fourth-order valence-corrected chi connectivity index (χ4v) is 2.86. The number of nitrogens with zero attached hydrogens (tertiary/aromatic N) is 1. The van der Waals surface area contributed by atoms with E-state index in [1.165, 1.54) is 38.8 Å². The van der Waals surface area contributed by atoms with Crippen LogP contribution in [0.25, 0.3) is 0 Å². The summed E-state index contributed by atoms with van der Waals surface area (Å²) in [5.74, 6) is 0. The third kappa shape index (κ3) is 2.46. The Kier molecular flexibility index (Phi) is 4.00. The first-order valence-corrected chi connectivity index (χ1v) is 6.66. The van der Waals surface area contributed by atoms with Crippen LogP contribution >= 0.6 is 0 Å². The van der Waals surface area contributed by atoms with Crippen LogP contribution in [0.2, 0.25) is 0 Å². The van der Waals surface area contributed by atoms with Crippen LogP contribution in [0.15, 0.2) is 24.3 Å². The Labute approximate surface area is 99.5 Å². The zero-order valence-corrected chi connectivity index (χ0v) is 10.6. The lowest BCUT2D eigenvalue weighted by molar-refractivity contribution is 0.194. The summed E-state index contributed by atoms with van der Waals surface area (Å²) in [4.78, 5) is 2.68. The molecule has 88 valence electrons. The predicted octanol–water partition coefficient (Wildman–Crippen LogP) is 3.28.